The van der Waals surface area contributed by atoms with Crippen LogP contribution in [0.1, 0.15) is 22.8 Å². The number of hydrogen-bond donors (Lipinski definition) is 0. The van der Waals surface area contributed by atoms with Gasteiger partial charge in [0.2, 0.25) is 0 Å². The molecule has 0 bridgehead atoms. The van der Waals surface area contributed by atoms with Crippen molar-refractivity contribution < 1.29 is 27.2 Å². The van der Waals surface area contributed by atoms with E-state index in [1.54, 1.807) is 55.0 Å². The number of nitrogens with zero attached hydrogens (tertiary/aromatic N) is 4. The SMILES string of the molecule is COc1ccc(OCc2nnc(SCc3cc(C)on3)n2-c2cccc(C(F)(F)F)c2)cc1. The highest BCUT2D eigenvalue weighted by atomic mass is 32.2. The molecule has 172 valence electrons. The van der Waals surface area contributed by atoms with Crippen LogP contribution in [0.25, 0.3) is 5.69 Å². The van der Waals surface area contributed by atoms with Crippen LogP contribution in [0, 0.1) is 6.92 Å². The summed E-state index contributed by atoms with van der Waals surface area (Å²) >= 11 is 1.28. The van der Waals surface area contributed by atoms with Crippen molar-refractivity contribution in [2.45, 2.75) is 30.6 Å². The largest absolute Gasteiger partial charge is 0.497 e. The van der Waals surface area contributed by atoms with E-state index in [0.717, 1.165) is 12.1 Å². The lowest BCUT2D eigenvalue weighted by Gasteiger charge is -2.13. The van der Waals surface area contributed by atoms with Gasteiger partial charge in [-0.25, -0.2) is 0 Å². The Morgan fingerprint density at radius 1 is 1.03 bits per heavy atom. The van der Waals surface area contributed by atoms with Crippen molar-refractivity contribution in [3.8, 4) is 17.2 Å². The molecule has 0 fully saturated rings. The molecule has 0 radical (unpaired) electrons. The van der Waals surface area contributed by atoms with Gasteiger partial charge in [-0.1, -0.05) is 23.0 Å². The Morgan fingerprint density at radius 3 is 2.45 bits per heavy atom. The molecule has 33 heavy (non-hydrogen) atoms. The van der Waals surface area contributed by atoms with Crippen molar-refractivity contribution in [2.24, 2.45) is 0 Å². The second-order valence-electron chi connectivity index (χ2n) is 6.96. The van der Waals surface area contributed by atoms with Gasteiger partial charge in [0.1, 0.15) is 23.9 Å². The zero-order valence-corrected chi connectivity index (χ0v) is 18.5. The molecule has 2 heterocycles. The van der Waals surface area contributed by atoms with Crippen LogP contribution in [0.2, 0.25) is 0 Å². The summed E-state index contributed by atoms with van der Waals surface area (Å²) in [7, 11) is 1.56. The number of hydrogen-bond acceptors (Lipinski definition) is 7. The smallest absolute Gasteiger partial charge is 0.416 e. The predicted molar refractivity (Wildman–Crippen MR) is 114 cm³/mol. The quantitative estimate of drug-likeness (QED) is 0.313. The van der Waals surface area contributed by atoms with E-state index in [-0.39, 0.29) is 12.3 Å². The van der Waals surface area contributed by atoms with E-state index in [9.17, 15) is 13.2 Å². The van der Waals surface area contributed by atoms with Gasteiger partial charge in [0.15, 0.2) is 11.0 Å². The van der Waals surface area contributed by atoms with Crippen LogP contribution in [-0.4, -0.2) is 27.0 Å². The summed E-state index contributed by atoms with van der Waals surface area (Å²) in [6.07, 6.45) is -4.48. The Labute approximate surface area is 191 Å². The molecule has 11 heteroatoms. The Kier molecular flexibility index (Phi) is 6.59. The number of aryl methyl sites for hydroxylation is 1. The minimum atomic E-state index is -4.48. The summed E-state index contributed by atoms with van der Waals surface area (Å²) < 4.78 is 57.5. The number of ether oxygens (including phenoxy) is 2. The van der Waals surface area contributed by atoms with E-state index >= 15 is 0 Å². The lowest BCUT2D eigenvalue weighted by Crippen LogP contribution is -2.09. The molecule has 2 aromatic carbocycles. The average molecular weight is 476 g/mol. The number of rotatable bonds is 8. The first-order chi connectivity index (χ1) is 15.8. The third kappa shape index (κ3) is 5.48. The Hall–Kier alpha value is -3.47. The van der Waals surface area contributed by atoms with E-state index in [4.69, 9.17) is 14.0 Å². The standard InChI is InChI=1S/C22H19F3N4O3S/c1-14-10-16(28-32-14)13-33-21-27-26-20(12-31-19-8-6-18(30-2)7-9-19)29(21)17-5-3-4-15(11-17)22(23,24)25/h3-11H,12-13H2,1-2H3. The fourth-order valence-corrected chi connectivity index (χ4v) is 3.86. The Balaban J connectivity index is 1.63. The highest BCUT2D eigenvalue weighted by Crippen LogP contribution is 2.32. The maximum Gasteiger partial charge on any atom is 0.416 e. The van der Waals surface area contributed by atoms with Gasteiger partial charge in [0.25, 0.3) is 0 Å². The summed E-state index contributed by atoms with van der Waals surface area (Å²) in [5.41, 5.74) is 0.202. The van der Waals surface area contributed by atoms with Gasteiger partial charge in [0.05, 0.1) is 24.1 Å². The first-order valence-electron chi connectivity index (χ1n) is 9.77. The third-order valence-electron chi connectivity index (χ3n) is 4.59. The maximum atomic E-state index is 13.3. The first kappa shape index (κ1) is 22.7. The predicted octanol–water partition coefficient (Wildman–Crippen LogP) is 5.46. The second kappa shape index (κ2) is 9.57. The van der Waals surface area contributed by atoms with Crippen molar-refractivity contribution in [2.75, 3.05) is 7.11 Å². The van der Waals surface area contributed by atoms with Crippen molar-refractivity contribution in [1.29, 1.82) is 0 Å². The van der Waals surface area contributed by atoms with Crippen molar-refractivity contribution in [3.05, 3.63) is 77.4 Å². The molecule has 0 saturated heterocycles. The van der Waals surface area contributed by atoms with Crippen molar-refractivity contribution in [1.82, 2.24) is 19.9 Å². The molecular formula is C22H19F3N4O3S. The molecule has 2 aromatic heterocycles. The lowest BCUT2D eigenvalue weighted by atomic mass is 10.2. The summed E-state index contributed by atoms with van der Waals surface area (Å²) in [5, 5.41) is 12.7. The summed E-state index contributed by atoms with van der Waals surface area (Å²) in [6, 6.07) is 13.7. The van der Waals surface area contributed by atoms with Crippen LogP contribution < -0.4 is 9.47 Å². The maximum absolute atomic E-state index is 13.3. The molecule has 0 aliphatic heterocycles. The van der Waals surface area contributed by atoms with Gasteiger partial charge < -0.3 is 14.0 Å². The average Bonchev–Trinajstić information content (AvgIpc) is 3.41. The van der Waals surface area contributed by atoms with Gasteiger partial charge in [-0.2, -0.15) is 13.2 Å². The van der Waals surface area contributed by atoms with Gasteiger partial charge in [0, 0.05) is 11.8 Å². The molecule has 0 amide bonds. The number of halogens is 3. The number of alkyl halides is 3. The molecule has 4 aromatic rings. The number of thioether (sulfide) groups is 1. The fourth-order valence-electron chi connectivity index (χ4n) is 3.01. The van der Waals surface area contributed by atoms with E-state index in [2.05, 4.69) is 15.4 Å². The van der Waals surface area contributed by atoms with Crippen LogP contribution in [0.3, 0.4) is 0 Å². The lowest BCUT2D eigenvalue weighted by molar-refractivity contribution is -0.137. The van der Waals surface area contributed by atoms with E-state index in [1.165, 1.54) is 17.8 Å². The van der Waals surface area contributed by atoms with Crippen LogP contribution in [0.5, 0.6) is 11.5 Å². The molecule has 0 aliphatic carbocycles. The van der Waals surface area contributed by atoms with Crippen LogP contribution >= 0.6 is 11.8 Å². The monoisotopic (exact) mass is 476 g/mol. The van der Waals surface area contributed by atoms with Gasteiger partial charge >= 0.3 is 6.18 Å². The molecule has 0 saturated carbocycles. The van der Waals surface area contributed by atoms with Crippen LogP contribution in [0.4, 0.5) is 13.2 Å². The highest BCUT2D eigenvalue weighted by Gasteiger charge is 2.31. The van der Waals surface area contributed by atoms with E-state index in [0.29, 0.717) is 39.7 Å². The number of methoxy groups -OCH3 is 1. The highest BCUT2D eigenvalue weighted by molar-refractivity contribution is 7.98. The molecule has 0 aliphatic rings. The van der Waals surface area contributed by atoms with Gasteiger partial charge in [-0.15, -0.1) is 10.2 Å². The first-order valence-corrected chi connectivity index (χ1v) is 10.8. The van der Waals surface area contributed by atoms with E-state index in [1.807, 2.05) is 0 Å². The zero-order valence-electron chi connectivity index (χ0n) is 17.7. The van der Waals surface area contributed by atoms with Crippen LogP contribution in [0.15, 0.2) is 64.3 Å². The topological polar surface area (TPSA) is 75.2 Å². The summed E-state index contributed by atoms with van der Waals surface area (Å²) in [6.45, 7) is 1.78. The number of benzene rings is 2. The van der Waals surface area contributed by atoms with Crippen molar-refractivity contribution >= 4 is 11.8 Å². The molecule has 0 unspecified atom stereocenters. The summed E-state index contributed by atoms with van der Waals surface area (Å²) in [4.78, 5) is 0. The van der Waals surface area contributed by atoms with Crippen molar-refractivity contribution in [3.63, 3.8) is 0 Å². The molecule has 7 nitrogen and oxygen atoms in total. The molecule has 0 atom stereocenters. The zero-order chi connectivity index (χ0) is 23.4. The normalized spacial score (nSPS) is 11.5. The Morgan fingerprint density at radius 2 is 1.79 bits per heavy atom. The van der Waals surface area contributed by atoms with Gasteiger partial charge in [-0.05, 0) is 49.4 Å². The second-order valence-corrected chi connectivity index (χ2v) is 7.91. The third-order valence-corrected chi connectivity index (χ3v) is 5.55. The minimum absolute atomic E-state index is 0.000791. The van der Waals surface area contributed by atoms with Gasteiger partial charge in [-0.3, -0.25) is 4.57 Å². The molecule has 0 spiro atoms. The molecular weight excluding hydrogens is 457 g/mol. The Bertz CT molecular complexity index is 1220. The molecule has 4 rings (SSSR count). The van der Waals surface area contributed by atoms with E-state index < -0.39 is 11.7 Å². The fraction of sp³-hybridized carbons (Fsp3) is 0.227. The summed E-state index contributed by atoms with van der Waals surface area (Å²) in [5.74, 6) is 2.66. The number of aromatic nitrogens is 4. The molecule has 0 N–H and O–H groups in total. The minimum Gasteiger partial charge on any atom is -0.497 e. The van der Waals surface area contributed by atoms with Crippen LogP contribution in [-0.2, 0) is 18.5 Å².